The minimum absolute atomic E-state index is 0.151. The molecule has 82 valence electrons. The molecule has 0 aliphatic rings. The zero-order chi connectivity index (χ0) is 11.7. The van der Waals surface area contributed by atoms with Gasteiger partial charge in [0.25, 0.3) is 5.56 Å². The maximum atomic E-state index is 12.2. The first-order valence-electron chi connectivity index (χ1n) is 5.25. The summed E-state index contributed by atoms with van der Waals surface area (Å²) in [4.78, 5) is 16.3. The van der Waals surface area contributed by atoms with Gasteiger partial charge in [0.05, 0.1) is 22.8 Å². The highest BCUT2D eigenvalue weighted by Crippen LogP contribution is 2.06. The zero-order valence-corrected chi connectivity index (χ0v) is 8.95. The summed E-state index contributed by atoms with van der Waals surface area (Å²) in [5.74, 6) is 0. The van der Waals surface area contributed by atoms with E-state index < -0.39 is 0 Å². The van der Waals surface area contributed by atoms with Gasteiger partial charge in [-0.1, -0.05) is 18.2 Å². The normalized spacial score (nSPS) is 10.6. The average molecular weight is 223 g/mol. The lowest BCUT2D eigenvalue weighted by Gasteiger charge is -2.04. The van der Waals surface area contributed by atoms with E-state index in [0.717, 1.165) is 5.69 Å². The molecule has 3 rings (SSSR count). The van der Waals surface area contributed by atoms with Crippen molar-refractivity contribution >= 4 is 10.9 Å². The third-order valence-electron chi connectivity index (χ3n) is 2.56. The van der Waals surface area contributed by atoms with Crippen molar-refractivity contribution in [1.29, 1.82) is 0 Å². The minimum atomic E-state index is -0.151. The molecule has 0 atom stereocenters. The van der Waals surface area contributed by atoms with E-state index in [0.29, 0.717) is 10.9 Å². The molecule has 4 heteroatoms. The third kappa shape index (κ3) is 1.59. The topological polar surface area (TPSA) is 47.8 Å². The Kier molecular flexibility index (Phi) is 2.19. The minimum Gasteiger partial charge on any atom is -0.267 e. The number of pyridine rings is 1. The van der Waals surface area contributed by atoms with Gasteiger partial charge >= 0.3 is 0 Å². The summed E-state index contributed by atoms with van der Waals surface area (Å²) in [7, 11) is 0. The first-order chi connectivity index (χ1) is 8.36. The van der Waals surface area contributed by atoms with Crippen LogP contribution in [0.4, 0.5) is 0 Å². The summed E-state index contributed by atoms with van der Waals surface area (Å²) >= 11 is 0. The molecule has 0 aliphatic heterocycles. The van der Waals surface area contributed by atoms with Crippen molar-refractivity contribution in [1.82, 2.24) is 14.8 Å². The van der Waals surface area contributed by atoms with E-state index in [1.54, 1.807) is 24.5 Å². The lowest BCUT2D eigenvalue weighted by atomic mass is 10.3. The van der Waals surface area contributed by atoms with E-state index in [4.69, 9.17) is 0 Å². The van der Waals surface area contributed by atoms with Crippen molar-refractivity contribution < 1.29 is 0 Å². The van der Waals surface area contributed by atoms with Gasteiger partial charge in [-0.25, -0.2) is 0 Å². The van der Waals surface area contributed by atoms with Crippen LogP contribution in [0.1, 0.15) is 0 Å². The SMILES string of the molecule is O=c1c2cccnc2cnn1-c1ccccc1. The van der Waals surface area contributed by atoms with Crippen molar-refractivity contribution in [2.24, 2.45) is 0 Å². The Labute approximate surface area is 97.2 Å². The second-order valence-corrected chi connectivity index (χ2v) is 3.63. The van der Waals surface area contributed by atoms with Crippen LogP contribution in [0.3, 0.4) is 0 Å². The van der Waals surface area contributed by atoms with Crippen LogP contribution < -0.4 is 5.56 Å². The summed E-state index contributed by atoms with van der Waals surface area (Å²) in [5, 5.41) is 4.69. The third-order valence-corrected chi connectivity index (χ3v) is 2.56. The van der Waals surface area contributed by atoms with Gasteiger partial charge in [-0.15, -0.1) is 0 Å². The van der Waals surface area contributed by atoms with Crippen molar-refractivity contribution in [3.8, 4) is 5.69 Å². The predicted molar refractivity (Wildman–Crippen MR) is 65.1 cm³/mol. The molecule has 1 aromatic carbocycles. The molecule has 3 aromatic rings. The van der Waals surface area contributed by atoms with Gasteiger partial charge in [0, 0.05) is 6.20 Å². The largest absolute Gasteiger partial charge is 0.280 e. The molecular formula is C13H9N3O. The van der Waals surface area contributed by atoms with Crippen LogP contribution in [0.2, 0.25) is 0 Å². The van der Waals surface area contributed by atoms with E-state index >= 15 is 0 Å². The number of nitrogens with zero attached hydrogens (tertiary/aromatic N) is 3. The Bertz CT molecular complexity index is 719. The van der Waals surface area contributed by atoms with Gasteiger partial charge in [-0.2, -0.15) is 9.78 Å². The number of aromatic nitrogens is 3. The van der Waals surface area contributed by atoms with Gasteiger partial charge < -0.3 is 0 Å². The van der Waals surface area contributed by atoms with E-state index in [1.807, 2.05) is 30.3 Å². The van der Waals surface area contributed by atoms with E-state index in [9.17, 15) is 4.79 Å². The molecule has 0 spiro atoms. The molecule has 0 bridgehead atoms. The highest BCUT2D eigenvalue weighted by Gasteiger charge is 2.05. The smallest absolute Gasteiger partial charge is 0.267 e. The van der Waals surface area contributed by atoms with Crippen LogP contribution in [0.15, 0.2) is 59.7 Å². The first-order valence-corrected chi connectivity index (χ1v) is 5.25. The van der Waals surface area contributed by atoms with Gasteiger partial charge in [0.2, 0.25) is 0 Å². The van der Waals surface area contributed by atoms with Gasteiger partial charge in [-0.3, -0.25) is 9.78 Å². The molecule has 17 heavy (non-hydrogen) atoms. The maximum Gasteiger partial charge on any atom is 0.280 e. The van der Waals surface area contributed by atoms with Crippen LogP contribution in [-0.2, 0) is 0 Å². The number of para-hydroxylation sites is 1. The molecule has 0 amide bonds. The Morgan fingerprint density at radius 2 is 1.82 bits per heavy atom. The number of fused-ring (bicyclic) bond motifs is 1. The fourth-order valence-electron chi connectivity index (χ4n) is 1.73. The lowest BCUT2D eigenvalue weighted by molar-refractivity contribution is 0.819. The van der Waals surface area contributed by atoms with Crippen LogP contribution in [0.5, 0.6) is 0 Å². The molecule has 2 aromatic heterocycles. The molecular weight excluding hydrogens is 214 g/mol. The summed E-state index contributed by atoms with van der Waals surface area (Å²) in [6, 6.07) is 12.8. The standard InChI is InChI=1S/C13H9N3O/c17-13-11-7-4-8-14-12(11)9-15-16(13)10-5-2-1-3-6-10/h1-9H. The maximum absolute atomic E-state index is 12.2. The van der Waals surface area contributed by atoms with E-state index in [2.05, 4.69) is 10.1 Å². The van der Waals surface area contributed by atoms with Crippen LogP contribution in [0, 0.1) is 0 Å². The number of hydrogen-bond acceptors (Lipinski definition) is 3. The molecule has 0 saturated heterocycles. The highest BCUT2D eigenvalue weighted by atomic mass is 16.1. The second kappa shape index (κ2) is 3.83. The van der Waals surface area contributed by atoms with Gasteiger partial charge in [0.15, 0.2) is 0 Å². The summed E-state index contributed by atoms with van der Waals surface area (Å²) in [6.45, 7) is 0. The summed E-state index contributed by atoms with van der Waals surface area (Å²) < 4.78 is 1.38. The van der Waals surface area contributed by atoms with Crippen molar-refractivity contribution in [2.75, 3.05) is 0 Å². The lowest BCUT2D eigenvalue weighted by Crippen LogP contribution is -2.21. The number of hydrogen-bond donors (Lipinski definition) is 0. The zero-order valence-electron chi connectivity index (χ0n) is 8.95. The van der Waals surface area contributed by atoms with Crippen molar-refractivity contribution in [3.05, 3.63) is 65.2 Å². The van der Waals surface area contributed by atoms with E-state index in [-0.39, 0.29) is 5.56 Å². The monoisotopic (exact) mass is 223 g/mol. The fraction of sp³-hybridized carbons (Fsp3) is 0. The summed E-state index contributed by atoms with van der Waals surface area (Å²) in [5.41, 5.74) is 1.22. The Morgan fingerprint density at radius 1 is 1.00 bits per heavy atom. The molecule has 2 heterocycles. The predicted octanol–water partition coefficient (Wildman–Crippen LogP) is 1.78. The number of benzene rings is 1. The highest BCUT2D eigenvalue weighted by molar-refractivity contribution is 5.76. The Balaban J connectivity index is 2.33. The van der Waals surface area contributed by atoms with Crippen LogP contribution in [0.25, 0.3) is 16.6 Å². The molecule has 0 fully saturated rings. The van der Waals surface area contributed by atoms with Crippen LogP contribution >= 0.6 is 0 Å². The number of rotatable bonds is 1. The van der Waals surface area contributed by atoms with Crippen molar-refractivity contribution in [2.45, 2.75) is 0 Å². The Morgan fingerprint density at radius 3 is 2.65 bits per heavy atom. The fourth-order valence-corrected chi connectivity index (χ4v) is 1.73. The van der Waals surface area contributed by atoms with Crippen LogP contribution in [-0.4, -0.2) is 14.8 Å². The van der Waals surface area contributed by atoms with Crippen molar-refractivity contribution in [3.63, 3.8) is 0 Å². The Hall–Kier alpha value is -2.49. The first kappa shape index (κ1) is 9.72. The summed E-state index contributed by atoms with van der Waals surface area (Å²) in [6.07, 6.45) is 3.25. The molecule has 0 N–H and O–H groups in total. The second-order valence-electron chi connectivity index (χ2n) is 3.63. The molecule has 4 nitrogen and oxygen atoms in total. The average Bonchev–Trinajstić information content (AvgIpc) is 2.40. The molecule has 0 saturated carbocycles. The van der Waals surface area contributed by atoms with E-state index in [1.165, 1.54) is 4.68 Å². The quantitative estimate of drug-likeness (QED) is 0.631. The molecule has 0 radical (unpaired) electrons. The van der Waals surface area contributed by atoms with Gasteiger partial charge in [0.1, 0.15) is 0 Å². The molecule has 0 unspecified atom stereocenters. The molecule has 0 aliphatic carbocycles. The van der Waals surface area contributed by atoms with Gasteiger partial charge in [-0.05, 0) is 24.3 Å².